The van der Waals surface area contributed by atoms with Crippen LogP contribution in [0.15, 0.2) is 11.1 Å². The molecule has 9 nitrogen and oxygen atoms in total. The van der Waals surface area contributed by atoms with Crippen LogP contribution in [0.25, 0.3) is 11.2 Å². The Labute approximate surface area is 125 Å². The highest BCUT2D eigenvalue weighted by Gasteiger charge is 2.31. The molecule has 3 atom stereocenters. The monoisotopic (exact) mass is 306 g/mol. The van der Waals surface area contributed by atoms with E-state index in [0.29, 0.717) is 12.1 Å². The molecule has 0 spiro atoms. The Morgan fingerprint density at radius 3 is 2.95 bits per heavy atom. The molecule has 0 bridgehead atoms. The number of fused-ring (bicyclic) bond motifs is 1. The highest BCUT2D eigenvalue weighted by molar-refractivity contribution is 5.70. The summed E-state index contributed by atoms with van der Waals surface area (Å²) in [6.07, 6.45) is 3.79. The second kappa shape index (κ2) is 5.41. The summed E-state index contributed by atoms with van der Waals surface area (Å²) < 4.78 is 1.78. The van der Waals surface area contributed by atoms with E-state index in [0.717, 1.165) is 12.8 Å². The van der Waals surface area contributed by atoms with Gasteiger partial charge in [0.1, 0.15) is 0 Å². The Hall–Kier alpha value is -2.42. The molecule has 0 aliphatic heterocycles. The van der Waals surface area contributed by atoms with E-state index in [9.17, 15) is 9.59 Å². The van der Waals surface area contributed by atoms with Crippen LogP contribution in [0.5, 0.6) is 0 Å². The number of nitrogens with one attached hydrogen (secondary N) is 1. The lowest BCUT2D eigenvalue weighted by Crippen LogP contribution is -2.38. The van der Waals surface area contributed by atoms with Crippen molar-refractivity contribution in [3.8, 4) is 0 Å². The molecule has 0 amide bonds. The molecule has 22 heavy (non-hydrogen) atoms. The van der Waals surface area contributed by atoms with E-state index in [-0.39, 0.29) is 41.4 Å². The van der Waals surface area contributed by atoms with Crippen LogP contribution in [-0.4, -0.2) is 36.6 Å². The van der Waals surface area contributed by atoms with Gasteiger partial charge in [0.15, 0.2) is 11.2 Å². The average molecular weight is 306 g/mol. The zero-order valence-electron chi connectivity index (χ0n) is 11.9. The van der Waals surface area contributed by atoms with Gasteiger partial charge in [-0.1, -0.05) is 0 Å². The van der Waals surface area contributed by atoms with E-state index in [4.69, 9.17) is 16.6 Å². The molecule has 118 valence electrons. The van der Waals surface area contributed by atoms with Crippen molar-refractivity contribution in [3.05, 3.63) is 16.7 Å². The van der Waals surface area contributed by atoms with E-state index in [1.807, 2.05) is 0 Å². The van der Waals surface area contributed by atoms with Gasteiger partial charge >= 0.3 is 5.97 Å². The first-order valence-corrected chi connectivity index (χ1v) is 7.15. The first-order chi connectivity index (χ1) is 10.5. The molecule has 0 aromatic carbocycles. The number of carbonyl (C=O) groups is 1. The summed E-state index contributed by atoms with van der Waals surface area (Å²) in [6, 6.07) is -0.276. The van der Waals surface area contributed by atoms with Crippen LogP contribution in [0.1, 0.15) is 31.7 Å². The molecule has 3 rings (SSSR count). The van der Waals surface area contributed by atoms with Gasteiger partial charge in [-0.2, -0.15) is 4.98 Å². The summed E-state index contributed by atoms with van der Waals surface area (Å²) >= 11 is 0. The van der Waals surface area contributed by atoms with Gasteiger partial charge in [-0.15, -0.1) is 0 Å². The van der Waals surface area contributed by atoms with Crippen molar-refractivity contribution in [1.29, 1.82) is 0 Å². The SMILES string of the molecule is Nc1nc2c(ncn2C2CCC(CC(=O)O)CC2N)c(=O)[nH]1. The lowest BCUT2D eigenvalue weighted by molar-refractivity contribution is -0.138. The molecule has 6 N–H and O–H groups in total. The molecular formula is C13H18N6O3. The maximum Gasteiger partial charge on any atom is 0.303 e. The van der Waals surface area contributed by atoms with Gasteiger partial charge in [-0.25, -0.2) is 4.98 Å². The summed E-state index contributed by atoms with van der Waals surface area (Å²) in [5.74, 6) is -0.683. The fraction of sp³-hybridized carbons (Fsp3) is 0.538. The molecular weight excluding hydrogens is 288 g/mol. The van der Waals surface area contributed by atoms with Crippen molar-refractivity contribution in [2.45, 2.75) is 37.8 Å². The smallest absolute Gasteiger partial charge is 0.303 e. The number of nitrogens with two attached hydrogens (primary N) is 2. The highest BCUT2D eigenvalue weighted by Crippen LogP contribution is 2.34. The van der Waals surface area contributed by atoms with E-state index in [1.165, 1.54) is 0 Å². The van der Waals surface area contributed by atoms with Crippen LogP contribution in [0.2, 0.25) is 0 Å². The number of carboxylic acids is 1. The first-order valence-electron chi connectivity index (χ1n) is 7.15. The zero-order chi connectivity index (χ0) is 15.9. The number of aromatic nitrogens is 4. The molecule has 0 saturated heterocycles. The summed E-state index contributed by atoms with van der Waals surface area (Å²) in [4.78, 5) is 33.3. The summed E-state index contributed by atoms with van der Waals surface area (Å²) in [5, 5.41) is 8.89. The molecule has 2 heterocycles. The van der Waals surface area contributed by atoms with Crippen LogP contribution in [0.3, 0.4) is 0 Å². The second-order valence-corrected chi connectivity index (χ2v) is 5.78. The lowest BCUT2D eigenvalue weighted by atomic mass is 9.81. The molecule has 0 radical (unpaired) electrons. The minimum Gasteiger partial charge on any atom is -0.481 e. The van der Waals surface area contributed by atoms with Crippen LogP contribution in [-0.2, 0) is 4.79 Å². The van der Waals surface area contributed by atoms with E-state index < -0.39 is 5.97 Å². The molecule has 1 aliphatic carbocycles. The normalized spacial score (nSPS) is 25.4. The average Bonchev–Trinajstić information content (AvgIpc) is 2.82. The molecule has 2 aromatic heterocycles. The Kier molecular flexibility index (Phi) is 3.57. The number of carboxylic acid groups (broad SMARTS) is 1. The maximum absolute atomic E-state index is 11.8. The van der Waals surface area contributed by atoms with Crippen LogP contribution in [0.4, 0.5) is 5.95 Å². The Morgan fingerprint density at radius 2 is 2.27 bits per heavy atom. The van der Waals surface area contributed by atoms with Crippen molar-refractivity contribution in [2.75, 3.05) is 5.73 Å². The number of hydrogen-bond acceptors (Lipinski definition) is 6. The third-order valence-corrected chi connectivity index (χ3v) is 4.24. The Bertz CT molecular complexity index is 767. The van der Waals surface area contributed by atoms with Gasteiger partial charge in [0.2, 0.25) is 5.95 Å². The molecule has 1 fully saturated rings. The number of nitrogen functional groups attached to an aromatic ring is 1. The number of H-pyrrole nitrogens is 1. The van der Waals surface area contributed by atoms with Crippen molar-refractivity contribution >= 4 is 23.1 Å². The number of hydrogen-bond donors (Lipinski definition) is 4. The second-order valence-electron chi connectivity index (χ2n) is 5.78. The molecule has 1 aliphatic rings. The van der Waals surface area contributed by atoms with Crippen molar-refractivity contribution in [1.82, 2.24) is 19.5 Å². The summed E-state index contributed by atoms with van der Waals surface area (Å²) in [5.41, 5.74) is 12.1. The topological polar surface area (TPSA) is 153 Å². The largest absolute Gasteiger partial charge is 0.481 e. The number of aliphatic carboxylic acids is 1. The van der Waals surface area contributed by atoms with Gasteiger partial charge in [0.05, 0.1) is 12.4 Å². The van der Waals surface area contributed by atoms with Gasteiger partial charge in [0, 0.05) is 12.5 Å². The quantitative estimate of drug-likeness (QED) is 0.614. The molecule has 3 unspecified atom stereocenters. The molecule has 9 heteroatoms. The van der Waals surface area contributed by atoms with E-state index in [1.54, 1.807) is 10.9 Å². The Balaban J connectivity index is 1.89. The fourth-order valence-corrected chi connectivity index (χ4v) is 3.24. The minimum atomic E-state index is -0.801. The number of imidazole rings is 1. The third kappa shape index (κ3) is 2.54. The predicted octanol–water partition coefficient (Wildman–Crippen LogP) is -0.155. The summed E-state index contributed by atoms with van der Waals surface area (Å²) in [6.45, 7) is 0. The Morgan fingerprint density at radius 1 is 1.50 bits per heavy atom. The number of rotatable bonds is 3. The van der Waals surface area contributed by atoms with Gasteiger partial charge in [-0.3, -0.25) is 14.6 Å². The zero-order valence-corrected chi connectivity index (χ0v) is 11.9. The first kappa shape index (κ1) is 14.5. The number of nitrogens with zero attached hydrogens (tertiary/aromatic N) is 3. The summed E-state index contributed by atoms with van der Waals surface area (Å²) in [7, 11) is 0. The van der Waals surface area contributed by atoms with E-state index >= 15 is 0 Å². The molecule has 2 aromatic rings. The van der Waals surface area contributed by atoms with Crippen LogP contribution in [0, 0.1) is 5.92 Å². The molecule has 1 saturated carbocycles. The van der Waals surface area contributed by atoms with Gasteiger partial charge in [0.25, 0.3) is 5.56 Å². The van der Waals surface area contributed by atoms with Gasteiger partial charge in [-0.05, 0) is 25.2 Å². The van der Waals surface area contributed by atoms with Crippen LogP contribution >= 0.6 is 0 Å². The lowest BCUT2D eigenvalue weighted by Gasteiger charge is -2.34. The fourth-order valence-electron chi connectivity index (χ4n) is 3.24. The van der Waals surface area contributed by atoms with Crippen molar-refractivity contribution in [3.63, 3.8) is 0 Å². The number of anilines is 1. The maximum atomic E-state index is 11.8. The van der Waals surface area contributed by atoms with Gasteiger partial charge < -0.3 is 21.1 Å². The number of aromatic amines is 1. The highest BCUT2D eigenvalue weighted by atomic mass is 16.4. The third-order valence-electron chi connectivity index (χ3n) is 4.24. The minimum absolute atomic E-state index is 0.0346. The van der Waals surface area contributed by atoms with E-state index in [2.05, 4.69) is 15.0 Å². The standard InChI is InChI=1S/C13H18N6O3/c14-7-3-6(4-9(20)21)1-2-8(7)19-5-16-10-11(19)17-13(15)18-12(10)22/h5-8H,1-4,14H2,(H,20,21)(H3,15,17,18,22). The predicted molar refractivity (Wildman–Crippen MR) is 79.2 cm³/mol. The van der Waals surface area contributed by atoms with Crippen molar-refractivity contribution < 1.29 is 9.90 Å². The van der Waals surface area contributed by atoms with Crippen LogP contribution < -0.4 is 17.0 Å². The van der Waals surface area contributed by atoms with Crippen molar-refractivity contribution in [2.24, 2.45) is 11.7 Å².